The Bertz CT molecular complexity index is 981. The lowest BCUT2D eigenvalue weighted by Gasteiger charge is -2.22. The zero-order valence-corrected chi connectivity index (χ0v) is 19.4. The monoisotopic (exact) mass is 484 g/mol. The van der Waals surface area contributed by atoms with Crippen molar-refractivity contribution < 1.29 is 19.1 Å². The molecular formula is C22H23Cl3N2O4. The molecule has 2 amide bonds. The van der Waals surface area contributed by atoms with Crippen molar-refractivity contribution in [3.8, 4) is 11.5 Å². The van der Waals surface area contributed by atoms with Gasteiger partial charge in [0.25, 0.3) is 5.91 Å². The third kappa shape index (κ3) is 5.97. The van der Waals surface area contributed by atoms with E-state index in [-0.39, 0.29) is 22.4 Å². The van der Waals surface area contributed by atoms with Gasteiger partial charge in [-0.2, -0.15) is 0 Å². The van der Waals surface area contributed by atoms with Crippen molar-refractivity contribution >= 4 is 46.6 Å². The number of rotatable bonds is 7. The van der Waals surface area contributed by atoms with E-state index < -0.39 is 11.9 Å². The molecule has 0 radical (unpaired) electrons. The lowest BCUT2D eigenvalue weighted by Crippen LogP contribution is -2.50. The Balaban J connectivity index is 1.59. The van der Waals surface area contributed by atoms with Gasteiger partial charge < -0.3 is 20.1 Å². The number of ether oxygens (including phenoxy) is 2. The second-order valence-electron chi connectivity index (χ2n) is 7.46. The van der Waals surface area contributed by atoms with Gasteiger partial charge in [0.15, 0.2) is 11.5 Å². The van der Waals surface area contributed by atoms with Crippen LogP contribution in [-0.2, 0) is 11.2 Å². The first kappa shape index (κ1) is 23.5. The maximum Gasteiger partial charge on any atom is 0.253 e. The highest BCUT2D eigenvalue weighted by Gasteiger charge is 2.25. The molecule has 0 spiro atoms. The second kappa shape index (κ2) is 10.4. The van der Waals surface area contributed by atoms with E-state index in [2.05, 4.69) is 10.6 Å². The van der Waals surface area contributed by atoms with Gasteiger partial charge in [0.05, 0.1) is 15.6 Å². The maximum absolute atomic E-state index is 12.7. The second-order valence-corrected chi connectivity index (χ2v) is 8.71. The van der Waals surface area contributed by atoms with Crippen LogP contribution in [0.2, 0.25) is 15.1 Å². The first-order chi connectivity index (χ1) is 14.8. The molecule has 1 heterocycles. The summed E-state index contributed by atoms with van der Waals surface area (Å²) in [7, 11) is 0. The van der Waals surface area contributed by atoms with E-state index in [0.29, 0.717) is 47.7 Å². The van der Waals surface area contributed by atoms with E-state index in [1.807, 2.05) is 19.9 Å². The molecule has 0 aliphatic carbocycles. The minimum absolute atomic E-state index is 0.126. The molecule has 31 heavy (non-hydrogen) atoms. The van der Waals surface area contributed by atoms with E-state index in [9.17, 15) is 9.59 Å². The van der Waals surface area contributed by atoms with Gasteiger partial charge in [-0.05, 0) is 48.2 Å². The minimum atomic E-state index is -0.719. The van der Waals surface area contributed by atoms with E-state index in [1.165, 1.54) is 12.1 Å². The van der Waals surface area contributed by atoms with Gasteiger partial charge in [-0.1, -0.05) is 48.7 Å². The number of amides is 2. The molecule has 0 saturated carbocycles. The van der Waals surface area contributed by atoms with Crippen molar-refractivity contribution in [3.63, 3.8) is 0 Å². The number of carbonyl (C=O) groups excluding carboxylic acids is 2. The number of hydrogen-bond acceptors (Lipinski definition) is 4. The van der Waals surface area contributed by atoms with Crippen molar-refractivity contribution in [1.29, 1.82) is 0 Å². The van der Waals surface area contributed by atoms with Crippen LogP contribution in [0.5, 0.6) is 11.5 Å². The number of hydrogen-bond donors (Lipinski definition) is 2. The molecule has 0 saturated heterocycles. The lowest BCUT2D eigenvalue weighted by atomic mass is 10.0. The van der Waals surface area contributed by atoms with E-state index in [1.54, 1.807) is 12.1 Å². The van der Waals surface area contributed by atoms with Gasteiger partial charge >= 0.3 is 0 Å². The average Bonchev–Trinajstić information content (AvgIpc) is 2.71. The Morgan fingerprint density at radius 3 is 2.48 bits per heavy atom. The summed E-state index contributed by atoms with van der Waals surface area (Å²) in [5.41, 5.74) is 1.17. The zero-order valence-electron chi connectivity index (χ0n) is 17.1. The SMILES string of the molecule is CC(C)[C@H](NC(=O)c1ccc(Cl)cc1Cl)C(=O)NCCc1cc(Cl)c2c(c1)OCCO2. The molecule has 3 rings (SSSR count). The van der Waals surface area contributed by atoms with Gasteiger partial charge in [0.1, 0.15) is 19.3 Å². The fourth-order valence-corrected chi connectivity index (χ4v) is 3.96. The van der Waals surface area contributed by atoms with Crippen LogP contribution < -0.4 is 20.1 Å². The summed E-state index contributed by atoms with van der Waals surface area (Å²) >= 11 is 18.2. The van der Waals surface area contributed by atoms with Gasteiger partial charge in [0, 0.05) is 11.6 Å². The van der Waals surface area contributed by atoms with Crippen LogP contribution in [0.15, 0.2) is 30.3 Å². The highest BCUT2D eigenvalue weighted by atomic mass is 35.5. The van der Waals surface area contributed by atoms with Crippen LogP contribution in [0.1, 0.15) is 29.8 Å². The Morgan fingerprint density at radius 1 is 1.03 bits per heavy atom. The summed E-state index contributed by atoms with van der Waals surface area (Å²) in [6.45, 7) is 5.02. The van der Waals surface area contributed by atoms with Gasteiger partial charge in [0.2, 0.25) is 5.91 Å². The fourth-order valence-electron chi connectivity index (χ4n) is 3.18. The maximum atomic E-state index is 12.7. The first-order valence-electron chi connectivity index (χ1n) is 9.88. The largest absolute Gasteiger partial charge is 0.486 e. The number of halogens is 3. The Morgan fingerprint density at radius 2 is 1.77 bits per heavy atom. The molecule has 2 N–H and O–H groups in total. The van der Waals surface area contributed by atoms with Crippen LogP contribution in [0.4, 0.5) is 0 Å². The molecule has 1 aliphatic rings. The van der Waals surface area contributed by atoms with Gasteiger partial charge in [-0.25, -0.2) is 0 Å². The van der Waals surface area contributed by atoms with Gasteiger partial charge in [-0.15, -0.1) is 0 Å². The molecule has 2 aromatic rings. The van der Waals surface area contributed by atoms with Crippen LogP contribution in [0.3, 0.4) is 0 Å². The summed E-state index contributed by atoms with van der Waals surface area (Å²) in [5, 5.41) is 6.76. The summed E-state index contributed by atoms with van der Waals surface area (Å²) in [6, 6.07) is 7.53. The van der Waals surface area contributed by atoms with Crippen molar-refractivity contribution in [1.82, 2.24) is 10.6 Å². The van der Waals surface area contributed by atoms with Crippen molar-refractivity contribution in [2.75, 3.05) is 19.8 Å². The highest BCUT2D eigenvalue weighted by Crippen LogP contribution is 2.38. The van der Waals surface area contributed by atoms with Crippen LogP contribution >= 0.6 is 34.8 Å². The summed E-state index contributed by atoms with van der Waals surface area (Å²) in [5.74, 6) is 0.307. The van der Waals surface area contributed by atoms with Crippen molar-refractivity contribution in [3.05, 3.63) is 56.5 Å². The standard InChI is InChI=1S/C22H23Cl3N2O4/c1-12(2)19(27-21(28)15-4-3-14(23)11-16(15)24)22(29)26-6-5-13-9-17(25)20-18(10-13)30-7-8-31-20/h3-4,9-12,19H,5-8H2,1-2H3,(H,26,29)(H,27,28)/t19-/m0/s1. The predicted octanol–water partition coefficient (Wildman–Crippen LogP) is 4.53. The molecule has 9 heteroatoms. The van der Waals surface area contributed by atoms with Crippen LogP contribution in [-0.4, -0.2) is 37.6 Å². The van der Waals surface area contributed by atoms with Crippen LogP contribution in [0, 0.1) is 5.92 Å². The third-order valence-electron chi connectivity index (χ3n) is 4.78. The van der Waals surface area contributed by atoms with Crippen molar-refractivity contribution in [2.24, 2.45) is 5.92 Å². The lowest BCUT2D eigenvalue weighted by molar-refractivity contribution is -0.123. The normalized spacial score (nSPS) is 13.6. The predicted molar refractivity (Wildman–Crippen MR) is 122 cm³/mol. The molecule has 0 bridgehead atoms. The summed E-state index contributed by atoms with van der Waals surface area (Å²) < 4.78 is 11.1. The minimum Gasteiger partial charge on any atom is -0.486 e. The molecule has 0 unspecified atom stereocenters. The van der Waals surface area contributed by atoms with E-state index in [0.717, 1.165) is 5.56 Å². The Labute approximate surface area is 196 Å². The number of nitrogens with one attached hydrogen (secondary N) is 2. The Kier molecular flexibility index (Phi) is 7.92. The molecule has 6 nitrogen and oxygen atoms in total. The number of carbonyl (C=O) groups is 2. The topological polar surface area (TPSA) is 76.7 Å². The molecule has 166 valence electrons. The van der Waals surface area contributed by atoms with E-state index >= 15 is 0 Å². The van der Waals surface area contributed by atoms with Crippen molar-refractivity contribution in [2.45, 2.75) is 26.3 Å². The van der Waals surface area contributed by atoms with E-state index in [4.69, 9.17) is 44.3 Å². The number of fused-ring (bicyclic) bond motifs is 1. The molecule has 0 aromatic heterocycles. The smallest absolute Gasteiger partial charge is 0.253 e. The molecule has 2 aromatic carbocycles. The summed E-state index contributed by atoms with van der Waals surface area (Å²) in [6.07, 6.45) is 0.546. The molecule has 1 aliphatic heterocycles. The molecule has 1 atom stereocenters. The zero-order chi connectivity index (χ0) is 22.5. The Hall–Kier alpha value is -2.15. The molecule has 0 fully saturated rings. The van der Waals surface area contributed by atoms with Gasteiger partial charge in [-0.3, -0.25) is 9.59 Å². The molecular weight excluding hydrogens is 463 g/mol. The van der Waals surface area contributed by atoms with Crippen LogP contribution in [0.25, 0.3) is 0 Å². The first-order valence-corrected chi connectivity index (χ1v) is 11.0. The summed E-state index contributed by atoms with van der Waals surface area (Å²) in [4.78, 5) is 25.3. The average molecular weight is 486 g/mol. The number of benzene rings is 2. The quantitative estimate of drug-likeness (QED) is 0.604. The highest BCUT2D eigenvalue weighted by molar-refractivity contribution is 6.36. The fraction of sp³-hybridized carbons (Fsp3) is 0.364. The third-order valence-corrected chi connectivity index (χ3v) is 5.61.